The summed E-state index contributed by atoms with van der Waals surface area (Å²) < 4.78 is 5.02. The van der Waals surface area contributed by atoms with Crippen LogP contribution in [0.25, 0.3) is 0 Å². The Morgan fingerprint density at radius 1 is 1.24 bits per heavy atom. The predicted octanol–water partition coefficient (Wildman–Crippen LogP) is 1.36. The van der Waals surface area contributed by atoms with Gasteiger partial charge in [0.25, 0.3) is 0 Å². The fourth-order valence-corrected chi connectivity index (χ4v) is 1.63. The summed E-state index contributed by atoms with van der Waals surface area (Å²) >= 11 is 0. The van der Waals surface area contributed by atoms with Crippen LogP contribution in [-0.4, -0.2) is 35.9 Å². The van der Waals surface area contributed by atoms with E-state index in [1.54, 1.807) is 20.8 Å². The zero-order chi connectivity index (χ0) is 15.9. The van der Waals surface area contributed by atoms with Crippen LogP contribution in [0.4, 0.5) is 4.79 Å². The number of alkyl carbamates (subject to hydrolysis) is 1. The van der Waals surface area contributed by atoms with Crippen molar-refractivity contribution in [3.05, 3.63) is 35.9 Å². The van der Waals surface area contributed by atoms with Crippen molar-refractivity contribution in [1.29, 1.82) is 0 Å². The fraction of sp³-hybridized carbons (Fsp3) is 0.467. The number of rotatable bonds is 5. The van der Waals surface area contributed by atoms with Gasteiger partial charge in [-0.2, -0.15) is 0 Å². The molecule has 21 heavy (non-hydrogen) atoms. The van der Waals surface area contributed by atoms with Crippen LogP contribution in [0, 0.1) is 0 Å². The van der Waals surface area contributed by atoms with E-state index < -0.39 is 23.6 Å². The highest BCUT2D eigenvalue weighted by molar-refractivity contribution is 5.82. The molecule has 0 saturated carbocycles. The monoisotopic (exact) mass is 294 g/mol. The molecule has 1 atom stereocenters. The fourth-order valence-electron chi connectivity index (χ4n) is 1.63. The normalized spacial score (nSPS) is 12.4. The van der Waals surface area contributed by atoms with E-state index in [0.29, 0.717) is 0 Å². The Bertz CT molecular complexity index is 468. The highest BCUT2D eigenvalue weighted by atomic mass is 16.6. The van der Waals surface area contributed by atoms with Gasteiger partial charge in [-0.15, -0.1) is 0 Å². The molecule has 6 heteroatoms. The second-order valence-electron chi connectivity index (χ2n) is 5.57. The lowest BCUT2D eigenvalue weighted by Gasteiger charge is -2.20. The third-order valence-corrected chi connectivity index (χ3v) is 2.51. The molecular weight excluding hydrogens is 272 g/mol. The van der Waals surface area contributed by atoms with E-state index in [2.05, 4.69) is 10.6 Å². The number of aliphatic hydroxyl groups is 1. The van der Waals surface area contributed by atoms with E-state index in [1.165, 1.54) is 0 Å². The summed E-state index contributed by atoms with van der Waals surface area (Å²) in [6.45, 7) is 4.79. The van der Waals surface area contributed by atoms with E-state index in [4.69, 9.17) is 4.74 Å². The summed E-state index contributed by atoms with van der Waals surface area (Å²) in [5.41, 5.74) is 0.184. The quantitative estimate of drug-likeness (QED) is 0.765. The zero-order valence-corrected chi connectivity index (χ0v) is 12.6. The van der Waals surface area contributed by atoms with Crippen LogP contribution in [0.15, 0.2) is 30.3 Å². The van der Waals surface area contributed by atoms with Crippen molar-refractivity contribution in [1.82, 2.24) is 10.6 Å². The van der Waals surface area contributed by atoms with Gasteiger partial charge in [-0.3, -0.25) is 4.79 Å². The van der Waals surface area contributed by atoms with Crippen molar-refractivity contribution in [3.8, 4) is 0 Å². The van der Waals surface area contributed by atoms with Crippen LogP contribution in [0.2, 0.25) is 0 Å². The van der Waals surface area contributed by atoms with Crippen molar-refractivity contribution in [3.63, 3.8) is 0 Å². The first kappa shape index (κ1) is 17.0. The van der Waals surface area contributed by atoms with Crippen LogP contribution < -0.4 is 10.6 Å². The lowest BCUT2D eigenvalue weighted by atomic mass is 10.1. The van der Waals surface area contributed by atoms with Crippen molar-refractivity contribution in [2.24, 2.45) is 0 Å². The Balaban J connectivity index is 2.44. The number of hydrogen-bond donors (Lipinski definition) is 3. The molecule has 0 bridgehead atoms. The van der Waals surface area contributed by atoms with Gasteiger partial charge in [-0.05, 0) is 26.3 Å². The lowest BCUT2D eigenvalue weighted by molar-refractivity contribution is -0.121. The third kappa shape index (κ3) is 6.76. The van der Waals surface area contributed by atoms with Gasteiger partial charge in [0, 0.05) is 0 Å². The second-order valence-corrected chi connectivity index (χ2v) is 5.57. The average molecular weight is 294 g/mol. The van der Waals surface area contributed by atoms with Crippen LogP contribution in [-0.2, 0) is 9.53 Å². The maximum Gasteiger partial charge on any atom is 0.408 e. The molecule has 1 aromatic carbocycles. The number of carbonyl (C=O) groups is 2. The Morgan fingerprint density at radius 2 is 1.86 bits per heavy atom. The summed E-state index contributed by atoms with van der Waals surface area (Å²) in [5.74, 6) is -0.399. The van der Waals surface area contributed by atoms with Gasteiger partial charge >= 0.3 is 6.09 Å². The van der Waals surface area contributed by atoms with Gasteiger partial charge in [-0.25, -0.2) is 4.79 Å². The number of aliphatic hydroxyl groups excluding tert-OH is 1. The number of carbonyl (C=O) groups excluding carboxylic acids is 2. The van der Waals surface area contributed by atoms with Gasteiger partial charge in [0.2, 0.25) is 5.91 Å². The Hall–Kier alpha value is -2.08. The molecule has 0 radical (unpaired) electrons. The Morgan fingerprint density at radius 3 is 2.38 bits per heavy atom. The molecule has 0 aromatic heterocycles. The van der Waals surface area contributed by atoms with Gasteiger partial charge < -0.3 is 20.5 Å². The number of benzene rings is 1. The Labute approximate surface area is 124 Å². The molecule has 3 N–H and O–H groups in total. The van der Waals surface area contributed by atoms with Crippen molar-refractivity contribution in [2.75, 3.05) is 13.2 Å². The van der Waals surface area contributed by atoms with Gasteiger partial charge in [-0.1, -0.05) is 30.3 Å². The maximum absolute atomic E-state index is 11.8. The topological polar surface area (TPSA) is 87.7 Å². The summed E-state index contributed by atoms with van der Waals surface area (Å²) in [5, 5.41) is 14.3. The molecule has 1 aromatic rings. The van der Waals surface area contributed by atoms with E-state index in [0.717, 1.165) is 5.56 Å². The molecule has 0 heterocycles. The highest BCUT2D eigenvalue weighted by Gasteiger charge is 2.18. The van der Waals surface area contributed by atoms with Gasteiger partial charge in [0.15, 0.2) is 0 Å². The molecule has 0 aliphatic heterocycles. The van der Waals surface area contributed by atoms with Crippen molar-refractivity contribution >= 4 is 12.0 Å². The molecule has 0 fully saturated rings. The van der Waals surface area contributed by atoms with Crippen LogP contribution in [0.5, 0.6) is 0 Å². The second kappa shape index (κ2) is 7.64. The number of amides is 2. The largest absolute Gasteiger partial charge is 0.444 e. The molecule has 6 nitrogen and oxygen atoms in total. The minimum atomic E-state index is -0.655. The standard InChI is InChI=1S/C15H22N2O4/c1-15(2,3)21-14(20)16-9-13(19)17-12(10-18)11-7-5-4-6-8-11/h4-8,12,18H,9-10H2,1-3H3,(H,16,20)(H,17,19)/t12-/m0/s1. The SMILES string of the molecule is CC(C)(C)OC(=O)NCC(=O)N[C@@H](CO)c1ccccc1. The van der Waals surface area contributed by atoms with E-state index in [-0.39, 0.29) is 13.2 Å². The summed E-state index contributed by atoms with van der Waals surface area (Å²) in [7, 11) is 0. The van der Waals surface area contributed by atoms with Crippen LogP contribution >= 0.6 is 0 Å². The molecule has 0 saturated heterocycles. The smallest absolute Gasteiger partial charge is 0.408 e. The van der Waals surface area contributed by atoms with Crippen molar-refractivity contribution < 1.29 is 19.4 Å². The van der Waals surface area contributed by atoms with Gasteiger partial charge in [0.1, 0.15) is 12.1 Å². The lowest BCUT2D eigenvalue weighted by Crippen LogP contribution is -2.41. The molecule has 2 amide bonds. The predicted molar refractivity (Wildman–Crippen MR) is 78.6 cm³/mol. The van der Waals surface area contributed by atoms with Gasteiger partial charge in [0.05, 0.1) is 12.6 Å². The van der Waals surface area contributed by atoms with Crippen LogP contribution in [0.1, 0.15) is 32.4 Å². The van der Waals surface area contributed by atoms with E-state index >= 15 is 0 Å². The first-order valence-corrected chi connectivity index (χ1v) is 6.74. The summed E-state index contributed by atoms with van der Waals surface area (Å²) in [4.78, 5) is 23.2. The maximum atomic E-state index is 11.8. The molecule has 116 valence electrons. The highest BCUT2D eigenvalue weighted by Crippen LogP contribution is 2.11. The first-order valence-electron chi connectivity index (χ1n) is 6.74. The summed E-state index contributed by atoms with van der Waals surface area (Å²) in [6, 6.07) is 8.61. The summed E-state index contributed by atoms with van der Waals surface area (Å²) in [6.07, 6.45) is -0.655. The zero-order valence-electron chi connectivity index (χ0n) is 12.6. The average Bonchev–Trinajstić information content (AvgIpc) is 2.41. The van der Waals surface area contributed by atoms with Crippen molar-refractivity contribution in [2.45, 2.75) is 32.4 Å². The third-order valence-electron chi connectivity index (χ3n) is 2.51. The number of ether oxygens (including phenoxy) is 1. The minimum absolute atomic E-state index is 0.210. The molecule has 1 rings (SSSR count). The molecule has 0 aliphatic rings. The molecule has 0 aliphatic carbocycles. The Kier molecular flexibility index (Phi) is 6.17. The molecule has 0 unspecified atom stereocenters. The number of nitrogens with one attached hydrogen (secondary N) is 2. The van der Waals surface area contributed by atoms with E-state index in [9.17, 15) is 14.7 Å². The molecular formula is C15H22N2O4. The number of hydrogen-bond acceptors (Lipinski definition) is 4. The molecule has 0 spiro atoms. The van der Waals surface area contributed by atoms with E-state index in [1.807, 2.05) is 30.3 Å². The first-order chi connectivity index (χ1) is 9.81. The van der Waals surface area contributed by atoms with Crippen LogP contribution in [0.3, 0.4) is 0 Å². The minimum Gasteiger partial charge on any atom is -0.444 e.